The number of nitrogens with two attached hydrogens (primary N) is 1. The zero-order valence-corrected chi connectivity index (χ0v) is 10.1. The minimum Gasteiger partial charge on any atom is -0.380 e. The fourth-order valence-electron chi connectivity index (χ4n) is 1.96. The lowest BCUT2D eigenvalue weighted by molar-refractivity contribution is 0.0626. The van der Waals surface area contributed by atoms with E-state index in [2.05, 4.69) is 10.4 Å². The molecule has 1 aliphatic rings. The first-order valence-corrected chi connectivity index (χ1v) is 6.28. The number of aromatic nitrogens is 1. The van der Waals surface area contributed by atoms with E-state index in [4.69, 9.17) is 10.5 Å². The SMILES string of the molecule is COC(C(N)Cc1nc(C)cs1)C1CC1. The molecular formula is C11H18N2OS. The van der Waals surface area contributed by atoms with Gasteiger partial charge in [0.25, 0.3) is 0 Å². The maximum absolute atomic E-state index is 6.15. The Balaban J connectivity index is 1.92. The van der Waals surface area contributed by atoms with E-state index in [1.807, 2.05) is 6.92 Å². The molecule has 0 saturated heterocycles. The van der Waals surface area contributed by atoms with Gasteiger partial charge in [-0.2, -0.15) is 0 Å². The average Bonchev–Trinajstić information content (AvgIpc) is 2.93. The van der Waals surface area contributed by atoms with Gasteiger partial charge in [-0.3, -0.25) is 0 Å². The molecule has 84 valence electrons. The Morgan fingerprint density at radius 2 is 2.40 bits per heavy atom. The molecule has 2 rings (SSSR count). The molecule has 1 aromatic rings. The Labute approximate surface area is 94.7 Å². The second-order valence-corrected chi connectivity index (χ2v) is 5.23. The zero-order chi connectivity index (χ0) is 10.8. The number of methoxy groups -OCH3 is 1. The molecule has 0 aliphatic heterocycles. The van der Waals surface area contributed by atoms with Gasteiger partial charge in [-0.05, 0) is 25.7 Å². The molecule has 15 heavy (non-hydrogen) atoms. The summed E-state index contributed by atoms with van der Waals surface area (Å²) in [6, 6.07) is 0.0908. The van der Waals surface area contributed by atoms with Crippen LogP contribution in [0.25, 0.3) is 0 Å². The Bertz CT molecular complexity index is 322. The van der Waals surface area contributed by atoms with Crippen LogP contribution in [0.2, 0.25) is 0 Å². The van der Waals surface area contributed by atoms with Crippen LogP contribution in [0, 0.1) is 12.8 Å². The molecule has 3 nitrogen and oxygen atoms in total. The second kappa shape index (κ2) is 4.60. The number of aryl methyl sites for hydroxylation is 1. The first kappa shape index (κ1) is 11.0. The minimum absolute atomic E-state index is 0.0908. The van der Waals surface area contributed by atoms with E-state index >= 15 is 0 Å². The summed E-state index contributed by atoms with van der Waals surface area (Å²) in [6.45, 7) is 2.01. The van der Waals surface area contributed by atoms with E-state index in [1.54, 1.807) is 18.4 Å². The van der Waals surface area contributed by atoms with E-state index in [-0.39, 0.29) is 12.1 Å². The van der Waals surface area contributed by atoms with Crippen molar-refractivity contribution in [1.82, 2.24) is 4.98 Å². The number of ether oxygens (including phenoxy) is 1. The van der Waals surface area contributed by atoms with Crippen molar-refractivity contribution in [3.8, 4) is 0 Å². The van der Waals surface area contributed by atoms with Crippen LogP contribution in [-0.2, 0) is 11.2 Å². The summed E-state index contributed by atoms with van der Waals surface area (Å²) >= 11 is 1.69. The van der Waals surface area contributed by atoms with Gasteiger partial charge in [-0.25, -0.2) is 4.98 Å². The summed E-state index contributed by atoms with van der Waals surface area (Å²) in [6.07, 6.45) is 3.59. The smallest absolute Gasteiger partial charge is 0.0944 e. The van der Waals surface area contributed by atoms with Gasteiger partial charge in [0.05, 0.1) is 11.1 Å². The topological polar surface area (TPSA) is 48.1 Å². The molecule has 2 atom stereocenters. The Hall–Kier alpha value is -0.450. The first-order chi connectivity index (χ1) is 7.20. The van der Waals surface area contributed by atoms with Crippen LogP contribution in [0.5, 0.6) is 0 Å². The number of rotatable bonds is 5. The largest absolute Gasteiger partial charge is 0.380 e. The third-order valence-electron chi connectivity index (χ3n) is 2.86. The van der Waals surface area contributed by atoms with Gasteiger partial charge in [0.15, 0.2) is 0 Å². The molecule has 1 fully saturated rings. The summed E-state index contributed by atoms with van der Waals surface area (Å²) in [5, 5.41) is 3.20. The van der Waals surface area contributed by atoms with E-state index in [0.717, 1.165) is 17.1 Å². The fourth-order valence-corrected chi connectivity index (χ4v) is 2.80. The van der Waals surface area contributed by atoms with Crippen LogP contribution in [0.4, 0.5) is 0 Å². The van der Waals surface area contributed by atoms with Crippen molar-refractivity contribution in [2.45, 2.75) is 38.3 Å². The second-order valence-electron chi connectivity index (χ2n) is 4.29. The molecule has 2 unspecified atom stereocenters. The predicted molar refractivity (Wildman–Crippen MR) is 62.1 cm³/mol. The Kier molecular flexibility index (Phi) is 3.38. The van der Waals surface area contributed by atoms with Crippen molar-refractivity contribution in [2.24, 2.45) is 11.7 Å². The molecule has 0 amide bonds. The lowest BCUT2D eigenvalue weighted by Gasteiger charge is -2.21. The summed E-state index contributed by atoms with van der Waals surface area (Å²) < 4.78 is 5.47. The highest BCUT2D eigenvalue weighted by molar-refractivity contribution is 7.09. The van der Waals surface area contributed by atoms with Crippen LogP contribution < -0.4 is 5.73 Å². The molecule has 2 N–H and O–H groups in total. The van der Waals surface area contributed by atoms with Gasteiger partial charge in [0.2, 0.25) is 0 Å². The Morgan fingerprint density at radius 3 is 2.87 bits per heavy atom. The van der Waals surface area contributed by atoms with E-state index < -0.39 is 0 Å². The molecule has 1 aliphatic carbocycles. The molecule has 1 aromatic heterocycles. The summed E-state index contributed by atoms with van der Waals surface area (Å²) in [5.41, 5.74) is 7.24. The lowest BCUT2D eigenvalue weighted by atomic mass is 10.0. The number of hydrogen-bond donors (Lipinski definition) is 1. The average molecular weight is 226 g/mol. The predicted octanol–water partition coefficient (Wildman–Crippen LogP) is 1.75. The third-order valence-corrected chi connectivity index (χ3v) is 3.85. The molecule has 0 spiro atoms. The summed E-state index contributed by atoms with van der Waals surface area (Å²) in [4.78, 5) is 4.43. The van der Waals surface area contributed by atoms with Gasteiger partial charge < -0.3 is 10.5 Å². The minimum atomic E-state index is 0.0908. The van der Waals surface area contributed by atoms with Crippen molar-refractivity contribution in [3.05, 3.63) is 16.1 Å². The molecule has 0 radical (unpaired) electrons. The molecule has 0 bridgehead atoms. The molecule has 4 heteroatoms. The van der Waals surface area contributed by atoms with Crippen LogP contribution in [0.15, 0.2) is 5.38 Å². The van der Waals surface area contributed by atoms with Crippen molar-refractivity contribution in [2.75, 3.05) is 7.11 Å². The number of thiazole rings is 1. The Morgan fingerprint density at radius 1 is 1.67 bits per heavy atom. The fraction of sp³-hybridized carbons (Fsp3) is 0.727. The van der Waals surface area contributed by atoms with Gasteiger partial charge >= 0.3 is 0 Å². The van der Waals surface area contributed by atoms with Gasteiger partial charge in [-0.1, -0.05) is 0 Å². The van der Waals surface area contributed by atoms with Gasteiger partial charge in [-0.15, -0.1) is 11.3 Å². The summed E-state index contributed by atoms with van der Waals surface area (Å²) in [5.74, 6) is 0.686. The molecule has 1 saturated carbocycles. The zero-order valence-electron chi connectivity index (χ0n) is 9.27. The van der Waals surface area contributed by atoms with E-state index in [0.29, 0.717) is 5.92 Å². The number of hydrogen-bond acceptors (Lipinski definition) is 4. The highest BCUT2D eigenvalue weighted by atomic mass is 32.1. The van der Waals surface area contributed by atoms with E-state index in [9.17, 15) is 0 Å². The van der Waals surface area contributed by atoms with Crippen LogP contribution in [0.1, 0.15) is 23.5 Å². The van der Waals surface area contributed by atoms with Gasteiger partial charge in [0.1, 0.15) is 0 Å². The highest BCUT2D eigenvalue weighted by Crippen LogP contribution is 2.35. The van der Waals surface area contributed by atoms with Gasteiger partial charge in [0, 0.05) is 30.6 Å². The maximum atomic E-state index is 6.15. The van der Waals surface area contributed by atoms with Crippen LogP contribution in [0.3, 0.4) is 0 Å². The van der Waals surface area contributed by atoms with Crippen molar-refractivity contribution in [1.29, 1.82) is 0 Å². The normalized spacial score (nSPS) is 20.2. The number of nitrogens with zero attached hydrogens (tertiary/aromatic N) is 1. The third kappa shape index (κ3) is 2.77. The maximum Gasteiger partial charge on any atom is 0.0944 e. The van der Waals surface area contributed by atoms with Crippen LogP contribution in [-0.4, -0.2) is 24.2 Å². The van der Waals surface area contributed by atoms with Crippen molar-refractivity contribution >= 4 is 11.3 Å². The summed E-state index contributed by atoms with van der Waals surface area (Å²) in [7, 11) is 1.76. The lowest BCUT2D eigenvalue weighted by Crippen LogP contribution is -2.39. The van der Waals surface area contributed by atoms with Crippen LogP contribution >= 0.6 is 11.3 Å². The molecule has 1 heterocycles. The van der Waals surface area contributed by atoms with Crippen molar-refractivity contribution < 1.29 is 4.74 Å². The monoisotopic (exact) mass is 226 g/mol. The van der Waals surface area contributed by atoms with Crippen molar-refractivity contribution in [3.63, 3.8) is 0 Å². The molecule has 0 aromatic carbocycles. The quantitative estimate of drug-likeness (QED) is 0.832. The molecular weight excluding hydrogens is 208 g/mol. The van der Waals surface area contributed by atoms with E-state index in [1.165, 1.54) is 12.8 Å². The highest BCUT2D eigenvalue weighted by Gasteiger charge is 2.35. The standard InChI is InChI=1S/C11H18N2OS/c1-7-6-15-10(13-7)5-9(12)11(14-2)8-3-4-8/h6,8-9,11H,3-5,12H2,1-2H3. The first-order valence-electron chi connectivity index (χ1n) is 5.40.